The number of rotatable bonds is 8. The number of esters is 1. The maximum atomic E-state index is 13.2. The Kier molecular flexibility index (Phi) is 16.8. The van der Waals surface area contributed by atoms with E-state index >= 15 is 0 Å². The summed E-state index contributed by atoms with van der Waals surface area (Å²) in [4.78, 5) is 82.3. The zero-order valence-electron chi connectivity index (χ0n) is 33.3. The van der Waals surface area contributed by atoms with Gasteiger partial charge in [0.2, 0.25) is 23.6 Å². The van der Waals surface area contributed by atoms with Crippen molar-refractivity contribution in [2.24, 2.45) is 22.7 Å². The Hall–Kier alpha value is -3.06. The molecule has 13 heteroatoms. The first-order valence-corrected chi connectivity index (χ1v) is 18.9. The van der Waals surface area contributed by atoms with E-state index < -0.39 is 52.9 Å². The van der Waals surface area contributed by atoms with Gasteiger partial charge in [0.15, 0.2) is 5.78 Å². The van der Waals surface area contributed by atoms with Crippen LogP contribution >= 0.6 is 0 Å². The van der Waals surface area contributed by atoms with Gasteiger partial charge in [0.1, 0.15) is 6.04 Å². The van der Waals surface area contributed by atoms with E-state index in [0.717, 1.165) is 64.7 Å². The first-order valence-electron chi connectivity index (χ1n) is 18.9. The molecular weight excluding hydrogens is 668 g/mol. The van der Waals surface area contributed by atoms with Crippen molar-refractivity contribution in [1.29, 1.82) is 0 Å². The van der Waals surface area contributed by atoms with Crippen LogP contribution < -0.4 is 0 Å². The molecule has 0 aliphatic carbocycles. The smallest absolute Gasteiger partial charge is 0.328 e. The lowest BCUT2D eigenvalue weighted by Crippen LogP contribution is -2.49. The van der Waals surface area contributed by atoms with Crippen molar-refractivity contribution in [2.45, 2.75) is 137 Å². The normalized spacial score (nSPS) is 25.0. The molecule has 0 saturated carbocycles. The molecular formula is C39H67N4O9-. The molecule has 4 amide bonds. The fourth-order valence-corrected chi connectivity index (χ4v) is 7.68. The van der Waals surface area contributed by atoms with Gasteiger partial charge in [0, 0.05) is 65.0 Å². The van der Waals surface area contributed by atoms with Gasteiger partial charge in [0.05, 0.1) is 37.2 Å². The van der Waals surface area contributed by atoms with Crippen molar-refractivity contribution in [1.82, 2.24) is 19.6 Å². The third-order valence-electron chi connectivity index (χ3n) is 10.9. The summed E-state index contributed by atoms with van der Waals surface area (Å²) >= 11 is 0. The van der Waals surface area contributed by atoms with E-state index in [9.17, 15) is 39.0 Å². The molecule has 4 saturated heterocycles. The van der Waals surface area contributed by atoms with Crippen LogP contribution in [0.5, 0.6) is 0 Å². The van der Waals surface area contributed by atoms with Gasteiger partial charge in [-0.2, -0.15) is 0 Å². The van der Waals surface area contributed by atoms with Crippen molar-refractivity contribution < 1.29 is 43.7 Å². The highest BCUT2D eigenvalue weighted by Crippen LogP contribution is 2.35. The van der Waals surface area contributed by atoms with Crippen LogP contribution in [0.25, 0.3) is 0 Å². The predicted molar refractivity (Wildman–Crippen MR) is 197 cm³/mol. The van der Waals surface area contributed by atoms with E-state index in [1.165, 1.54) is 23.8 Å². The molecule has 52 heavy (non-hydrogen) atoms. The molecule has 0 aromatic rings. The zero-order valence-corrected chi connectivity index (χ0v) is 33.3. The quantitative estimate of drug-likeness (QED) is 0.281. The summed E-state index contributed by atoms with van der Waals surface area (Å²) in [6, 6.07) is -1.35. The second kappa shape index (κ2) is 19.3. The van der Waals surface area contributed by atoms with E-state index in [0.29, 0.717) is 0 Å². The number of piperidine rings is 2. The van der Waals surface area contributed by atoms with Crippen LogP contribution in [0.2, 0.25) is 0 Å². The van der Waals surface area contributed by atoms with Crippen LogP contribution in [0.3, 0.4) is 0 Å². The molecule has 2 N–H and O–H groups in total. The number of Topliss-reactive ketones (excluding diaryl/α,β-unsaturated/α-hetero) is 1. The number of aliphatic hydroxyl groups is 2. The number of likely N-dealkylation sites (tertiary alicyclic amines) is 4. The van der Waals surface area contributed by atoms with E-state index in [4.69, 9.17) is 4.74 Å². The number of ketones is 1. The number of hydrogen-bond acceptors (Lipinski definition) is 9. The van der Waals surface area contributed by atoms with Crippen molar-refractivity contribution in [2.75, 3.05) is 46.4 Å². The minimum atomic E-state index is -0.780. The monoisotopic (exact) mass is 735 g/mol. The Balaban J connectivity index is 0.000000354. The van der Waals surface area contributed by atoms with Crippen LogP contribution in [0, 0.1) is 30.1 Å². The molecule has 0 bridgehead atoms. The van der Waals surface area contributed by atoms with Crippen LogP contribution in [-0.4, -0.2) is 136 Å². The molecule has 0 aromatic heterocycles. The molecule has 0 radical (unpaired) electrons. The number of amides is 4. The molecule has 0 unspecified atom stereocenters. The lowest BCUT2D eigenvalue weighted by Gasteiger charge is -2.36. The average molecular weight is 736 g/mol. The minimum absolute atomic E-state index is 0. The Labute approximate surface area is 311 Å². The van der Waals surface area contributed by atoms with Crippen molar-refractivity contribution >= 4 is 35.4 Å². The minimum Gasteiger partial charge on any atom is -0.467 e. The number of carbonyl (C=O) groups is 6. The molecule has 0 spiro atoms. The van der Waals surface area contributed by atoms with Crippen molar-refractivity contribution in [3.05, 3.63) is 7.43 Å². The summed E-state index contributed by atoms with van der Waals surface area (Å²) in [6.07, 6.45) is 5.67. The van der Waals surface area contributed by atoms with Gasteiger partial charge >= 0.3 is 5.97 Å². The Morgan fingerprint density at radius 3 is 1.31 bits per heavy atom. The van der Waals surface area contributed by atoms with E-state index in [2.05, 4.69) is 0 Å². The molecule has 4 aliphatic heterocycles. The number of aliphatic hydroxyl groups excluding tert-OH is 2. The molecule has 4 heterocycles. The second-order valence-corrected chi connectivity index (χ2v) is 17.1. The Morgan fingerprint density at radius 2 is 0.981 bits per heavy atom. The summed E-state index contributed by atoms with van der Waals surface area (Å²) in [6.45, 7) is 16.4. The fraction of sp³-hybridized carbons (Fsp3) is 0.821. The van der Waals surface area contributed by atoms with E-state index in [1.807, 2.05) is 51.3 Å². The highest BCUT2D eigenvalue weighted by atomic mass is 16.5. The van der Waals surface area contributed by atoms with Gasteiger partial charge < -0.3 is 42.0 Å². The molecule has 13 nitrogen and oxygen atoms in total. The third-order valence-corrected chi connectivity index (χ3v) is 10.9. The van der Waals surface area contributed by atoms with Crippen LogP contribution in [0.4, 0.5) is 0 Å². The van der Waals surface area contributed by atoms with Gasteiger partial charge in [-0.1, -0.05) is 41.5 Å². The van der Waals surface area contributed by atoms with E-state index in [1.54, 1.807) is 0 Å². The van der Waals surface area contributed by atoms with E-state index in [-0.39, 0.29) is 75.6 Å². The summed E-state index contributed by atoms with van der Waals surface area (Å²) < 4.78 is 4.79. The first kappa shape index (κ1) is 45.1. The van der Waals surface area contributed by atoms with Gasteiger partial charge in [-0.3, -0.25) is 24.0 Å². The first-order chi connectivity index (χ1) is 23.8. The molecule has 0 aromatic carbocycles. The highest BCUT2D eigenvalue weighted by Gasteiger charge is 2.46. The molecule has 6 atom stereocenters. The number of ether oxygens (including phenoxy) is 1. The maximum Gasteiger partial charge on any atom is 0.328 e. The Morgan fingerprint density at radius 1 is 0.635 bits per heavy atom. The number of nitrogens with zero attached hydrogens (tertiary/aromatic N) is 4. The van der Waals surface area contributed by atoms with Gasteiger partial charge in [0.25, 0.3) is 0 Å². The standard InChI is InChI=1S/C19H32N2O5.C19H32N2O4.CH3/c1-19(2,3)14(11-16(23)20-8-6-5-7-9-20)17(24)21-12-13(22)10-15(21)18(25)26-4;1-13(22)16-10-14(23)12-21(16)18(25)15(19(2,3)4)11-17(24)20-8-6-5-7-9-20;/h13-15,22H,5-12H2,1-4H3;14-16,23H,5-12H2,1-4H3;1H3/q;;-1/t13-,14-,15+;14-,15-,16+;/m11./s1. The third kappa shape index (κ3) is 12.0. The summed E-state index contributed by atoms with van der Waals surface area (Å²) in [5.41, 5.74) is -0.825. The Bertz CT molecular complexity index is 1250. The number of hydrogen-bond donors (Lipinski definition) is 2. The SMILES string of the molecule is CC(=O)[C@@H]1C[C@@H](O)CN1C(=O)[C@@H](CC(=O)N1CCCCC1)C(C)(C)C.COC(=O)[C@@H]1C[C@@H](O)CN1C(=O)[C@@H](CC(=O)N1CCCCC1)C(C)(C)C.[CH3-]. The molecule has 298 valence electrons. The van der Waals surface area contributed by atoms with Crippen LogP contribution in [0.15, 0.2) is 0 Å². The van der Waals surface area contributed by atoms with Gasteiger partial charge in [-0.15, -0.1) is 0 Å². The van der Waals surface area contributed by atoms with Crippen molar-refractivity contribution in [3.8, 4) is 0 Å². The molecule has 4 rings (SSSR count). The van der Waals surface area contributed by atoms with Gasteiger partial charge in [-0.05, 0) is 56.3 Å². The lowest BCUT2D eigenvalue weighted by atomic mass is 9.77. The molecule has 4 fully saturated rings. The van der Waals surface area contributed by atoms with Crippen LogP contribution in [-0.2, 0) is 33.5 Å². The number of β-amino-alcohol motifs (C(OH)–C–C–N with tert-alkyl or cyclic N) is 2. The lowest BCUT2D eigenvalue weighted by molar-refractivity contribution is -0.155. The van der Waals surface area contributed by atoms with Gasteiger partial charge in [-0.25, -0.2) is 4.79 Å². The maximum absolute atomic E-state index is 13.2. The average Bonchev–Trinajstić information content (AvgIpc) is 3.67. The summed E-state index contributed by atoms with van der Waals surface area (Å²) in [7, 11) is 1.27. The van der Waals surface area contributed by atoms with Crippen molar-refractivity contribution in [3.63, 3.8) is 0 Å². The summed E-state index contributed by atoms with van der Waals surface area (Å²) in [5.74, 6) is -2.10. The fourth-order valence-electron chi connectivity index (χ4n) is 7.68. The summed E-state index contributed by atoms with van der Waals surface area (Å²) in [5, 5.41) is 19.9. The van der Waals surface area contributed by atoms with Crippen LogP contribution in [0.1, 0.15) is 113 Å². The highest BCUT2D eigenvalue weighted by molar-refractivity contribution is 5.92. The topological polar surface area (TPSA) is 165 Å². The largest absolute Gasteiger partial charge is 0.467 e. The zero-order chi connectivity index (χ0) is 38.3. The second-order valence-electron chi connectivity index (χ2n) is 17.1. The predicted octanol–water partition coefficient (Wildman–Crippen LogP) is 3.24. The molecule has 4 aliphatic rings. The number of methoxy groups -OCH3 is 1. The number of carbonyl (C=O) groups excluding carboxylic acids is 6.